The van der Waals surface area contributed by atoms with Gasteiger partial charge >= 0.3 is 0 Å². The lowest BCUT2D eigenvalue weighted by molar-refractivity contribution is -0.122. The van der Waals surface area contributed by atoms with Crippen LogP contribution in [0.25, 0.3) is 0 Å². The van der Waals surface area contributed by atoms with Crippen molar-refractivity contribution in [1.29, 1.82) is 0 Å². The first-order chi connectivity index (χ1) is 10.9. The second-order valence-electron chi connectivity index (χ2n) is 5.23. The SMILES string of the molecule is Cc1ccc(S(=O)(=O)NC(C)C(=O)NCc2ccncc2)cc1. The van der Waals surface area contributed by atoms with Gasteiger partial charge in [-0.2, -0.15) is 4.72 Å². The van der Waals surface area contributed by atoms with E-state index in [1.54, 1.807) is 36.7 Å². The first-order valence-electron chi connectivity index (χ1n) is 7.14. The molecule has 0 bridgehead atoms. The average molecular weight is 333 g/mol. The Morgan fingerprint density at radius 3 is 2.35 bits per heavy atom. The molecule has 1 atom stereocenters. The molecule has 1 aromatic carbocycles. The maximum absolute atomic E-state index is 12.2. The van der Waals surface area contributed by atoms with Crippen molar-refractivity contribution < 1.29 is 13.2 Å². The highest BCUT2D eigenvalue weighted by Crippen LogP contribution is 2.10. The van der Waals surface area contributed by atoms with Gasteiger partial charge < -0.3 is 5.32 Å². The molecule has 1 amide bonds. The van der Waals surface area contributed by atoms with Crippen LogP contribution in [-0.2, 0) is 21.4 Å². The van der Waals surface area contributed by atoms with E-state index in [4.69, 9.17) is 0 Å². The molecule has 0 aliphatic heterocycles. The van der Waals surface area contributed by atoms with Gasteiger partial charge in [-0.05, 0) is 43.7 Å². The van der Waals surface area contributed by atoms with Crippen LogP contribution in [0, 0.1) is 6.92 Å². The van der Waals surface area contributed by atoms with Gasteiger partial charge in [-0.15, -0.1) is 0 Å². The quantitative estimate of drug-likeness (QED) is 0.836. The highest BCUT2D eigenvalue weighted by atomic mass is 32.2. The van der Waals surface area contributed by atoms with Gasteiger partial charge in [0.2, 0.25) is 15.9 Å². The van der Waals surface area contributed by atoms with Crippen molar-refractivity contribution in [1.82, 2.24) is 15.0 Å². The number of benzene rings is 1. The van der Waals surface area contributed by atoms with Gasteiger partial charge in [0.05, 0.1) is 10.9 Å². The molecule has 0 saturated carbocycles. The Balaban J connectivity index is 1.96. The molecule has 1 heterocycles. The Morgan fingerprint density at radius 1 is 1.13 bits per heavy atom. The molecule has 0 spiro atoms. The van der Waals surface area contributed by atoms with Gasteiger partial charge in [-0.1, -0.05) is 17.7 Å². The second-order valence-corrected chi connectivity index (χ2v) is 6.94. The van der Waals surface area contributed by atoms with E-state index in [9.17, 15) is 13.2 Å². The van der Waals surface area contributed by atoms with Crippen LogP contribution in [0.2, 0.25) is 0 Å². The summed E-state index contributed by atoms with van der Waals surface area (Å²) in [6.07, 6.45) is 3.26. The van der Waals surface area contributed by atoms with E-state index in [0.717, 1.165) is 11.1 Å². The van der Waals surface area contributed by atoms with Crippen LogP contribution in [-0.4, -0.2) is 25.4 Å². The fourth-order valence-corrected chi connectivity index (χ4v) is 3.12. The monoisotopic (exact) mass is 333 g/mol. The maximum atomic E-state index is 12.2. The predicted molar refractivity (Wildman–Crippen MR) is 87.0 cm³/mol. The molecular formula is C16H19N3O3S. The number of rotatable bonds is 6. The molecule has 2 aromatic rings. The smallest absolute Gasteiger partial charge is 0.241 e. The van der Waals surface area contributed by atoms with Crippen LogP contribution in [0.3, 0.4) is 0 Å². The molecule has 2 rings (SSSR count). The molecule has 0 radical (unpaired) electrons. The molecule has 1 aromatic heterocycles. The zero-order chi connectivity index (χ0) is 16.9. The van der Waals surface area contributed by atoms with Crippen molar-refractivity contribution in [3.63, 3.8) is 0 Å². The number of sulfonamides is 1. The van der Waals surface area contributed by atoms with Crippen LogP contribution >= 0.6 is 0 Å². The molecule has 0 saturated heterocycles. The minimum Gasteiger partial charge on any atom is -0.351 e. The topological polar surface area (TPSA) is 88.2 Å². The zero-order valence-electron chi connectivity index (χ0n) is 13.0. The summed E-state index contributed by atoms with van der Waals surface area (Å²) in [5.74, 6) is -0.391. The Hall–Kier alpha value is -2.25. The van der Waals surface area contributed by atoms with E-state index in [1.165, 1.54) is 19.1 Å². The van der Waals surface area contributed by atoms with Gasteiger partial charge in [-0.3, -0.25) is 9.78 Å². The largest absolute Gasteiger partial charge is 0.351 e. The van der Waals surface area contributed by atoms with Crippen molar-refractivity contribution in [2.24, 2.45) is 0 Å². The minimum atomic E-state index is -3.73. The van der Waals surface area contributed by atoms with E-state index >= 15 is 0 Å². The van der Waals surface area contributed by atoms with Crippen molar-refractivity contribution >= 4 is 15.9 Å². The van der Waals surface area contributed by atoms with Crippen molar-refractivity contribution in [2.75, 3.05) is 0 Å². The number of hydrogen-bond acceptors (Lipinski definition) is 4. The van der Waals surface area contributed by atoms with E-state index < -0.39 is 22.0 Å². The summed E-state index contributed by atoms with van der Waals surface area (Å²) in [4.78, 5) is 16.1. The standard InChI is InChI=1S/C16H19N3O3S/c1-12-3-5-15(6-4-12)23(21,22)19-13(2)16(20)18-11-14-7-9-17-10-8-14/h3-10,13,19H,11H2,1-2H3,(H,18,20). The van der Waals surface area contributed by atoms with Gasteiger partial charge in [0.15, 0.2) is 0 Å². The summed E-state index contributed by atoms with van der Waals surface area (Å²) in [7, 11) is -3.73. The van der Waals surface area contributed by atoms with Crippen molar-refractivity contribution in [2.45, 2.75) is 31.3 Å². The summed E-state index contributed by atoms with van der Waals surface area (Å²) < 4.78 is 26.8. The molecule has 1 unspecified atom stereocenters. The first-order valence-corrected chi connectivity index (χ1v) is 8.62. The van der Waals surface area contributed by atoms with Crippen LogP contribution in [0.1, 0.15) is 18.1 Å². The minimum absolute atomic E-state index is 0.136. The molecule has 122 valence electrons. The number of pyridine rings is 1. The van der Waals surface area contributed by atoms with E-state index in [0.29, 0.717) is 6.54 Å². The molecular weight excluding hydrogens is 314 g/mol. The van der Waals surface area contributed by atoms with Crippen molar-refractivity contribution in [3.05, 3.63) is 59.9 Å². The Morgan fingerprint density at radius 2 is 1.74 bits per heavy atom. The Bertz CT molecular complexity index is 759. The third-order valence-corrected chi connectivity index (χ3v) is 4.83. The molecule has 0 fully saturated rings. The first kappa shape index (κ1) is 17.1. The fraction of sp³-hybridized carbons (Fsp3) is 0.250. The van der Waals surface area contributed by atoms with E-state index in [1.807, 2.05) is 6.92 Å². The Kier molecular flexibility index (Phi) is 5.46. The summed E-state index contributed by atoms with van der Waals surface area (Å²) in [6.45, 7) is 3.70. The summed E-state index contributed by atoms with van der Waals surface area (Å²) >= 11 is 0. The number of carbonyl (C=O) groups is 1. The highest BCUT2D eigenvalue weighted by Gasteiger charge is 2.21. The van der Waals surface area contributed by atoms with Gasteiger partial charge in [-0.25, -0.2) is 8.42 Å². The predicted octanol–water partition coefficient (Wildman–Crippen LogP) is 1.37. The Labute approximate surface area is 136 Å². The number of aryl methyl sites for hydroxylation is 1. The number of carbonyl (C=O) groups excluding carboxylic acids is 1. The number of amides is 1. The van der Waals surface area contributed by atoms with E-state index in [-0.39, 0.29) is 4.90 Å². The molecule has 0 aliphatic carbocycles. The molecule has 6 nitrogen and oxygen atoms in total. The lowest BCUT2D eigenvalue weighted by atomic mass is 10.2. The average Bonchev–Trinajstić information content (AvgIpc) is 2.53. The number of nitrogens with zero attached hydrogens (tertiary/aromatic N) is 1. The van der Waals surface area contributed by atoms with Gasteiger partial charge in [0, 0.05) is 18.9 Å². The summed E-state index contributed by atoms with van der Waals surface area (Å²) in [5.41, 5.74) is 1.86. The summed E-state index contributed by atoms with van der Waals surface area (Å²) in [6, 6.07) is 9.13. The van der Waals surface area contributed by atoms with Gasteiger partial charge in [0.1, 0.15) is 0 Å². The maximum Gasteiger partial charge on any atom is 0.241 e. The number of nitrogens with one attached hydrogen (secondary N) is 2. The third kappa shape index (κ3) is 4.87. The van der Waals surface area contributed by atoms with Crippen LogP contribution < -0.4 is 10.0 Å². The van der Waals surface area contributed by atoms with Gasteiger partial charge in [0.25, 0.3) is 0 Å². The van der Waals surface area contributed by atoms with Crippen molar-refractivity contribution in [3.8, 4) is 0 Å². The zero-order valence-corrected chi connectivity index (χ0v) is 13.8. The number of aromatic nitrogens is 1. The molecule has 2 N–H and O–H groups in total. The molecule has 0 aliphatic rings. The van der Waals surface area contributed by atoms with Crippen LogP contribution in [0.5, 0.6) is 0 Å². The second kappa shape index (κ2) is 7.34. The normalized spacial score (nSPS) is 12.6. The highest BCUT2D eigenvalue weighted by molar-refractivity contribution is 7.89. The summed E-state index contributed by atoms with van der Waals surface area (Å²) in [5, 5.41) is 2.69. The lowest BCUT2D eigenvalue weighted by Crippen LogP contribution is -2.44. The van der Waals surface area contributed by atoms with Crippen LogP contribution in [0.15, 0.2) is 53.7 Å². The van der Waals surface area contributed by atoms with E-state index in [2.05, 4.69) is 15.0 Å². The lowest BCUT2D eigenvalue weighted by Gasteiger charge is -2.14. The van der Waals surface area contributed by atoms with Crippen LogP contribution in [0.4, 0.5) is 0 Å². The molecule has 23 heavy (non-hydrogen) atoms. The number of hydrogen-bond donors (Lipinski definition) is 2. The molecule has 7 heteroatoms. The fourth-order valence-electron chi connectivity index (χ4n) is 1.91. The third-order valence-electron chi connectivity index (χ3n) is 3.27.